The van der Waals surface area contributed by atoms with Gasteiger partial charge in [0.25, 0.3) is 5.56 Å². The van der Waals surface area contributed by atoms with Gasteiger partial charge in [0.15, 0.2) is 12.4 Å². The number of aliphatic carboxylic acids is 1. The third-order valence-electron chi connectivity index (χ3n) is 6.45. The van der Waals surface area contributed by atoms with Crippen LogP contribution in [-0.2, 0) is 24.2 Å². The molecule has 0 aliphatic heterocycles. The minimum absolute atomic E-state index is 0.00777. The first-order valence-corrected chi connectivity index (χ1v) is 12.5. The molecular weight excluding hydrogens is 466 g/mol. The van der Waals surface area contributed by atoms with Crippen molar-refractivity contribution in [2.24, 2.45) is 5.92 Å². The van der Waals surface area contributed by atoms with Gasteiger partial charge in [0.05, 0.1) is 0 Å². The fourth-order valence-electron chi connectivity index (χ4n) is 4.19. The number of hydrogen-bond donors (Lipinski definition) is 2. The van der Waals surface area contributed by atoms with Crippen LogP contribution in [0.15, 0.2) is 41.2 Å². The quantitative estimate of drug-likeness (QED) is 0.401. The van der Waals surface area contributed by atoms with Crippen molar-refractivity contribution in [1.29, 1.82) is 0 Å². The maximum Gasteiger partial charge on any atom is 0.327 e. The number of H-pyrrole nitrogens is 1. The van der Waals surface area contributed by atoms with Crippen LogP contribution in [-0.4, -0.2) is 36.3 Å². The number of rotatable bonds is 11. The zero-order valence-corrected chi connectivity index (χ0v) is 20.8. The number of aryl methyl sites for hydroxylation is 2. The summed E-state index contributed by atoms with van der Waals surface area (Å²) in [5.41, 5.74) is 4.53. The fraction of sp³-hybridized carbons (Fsp3) is 0.423. The number of carbonyl (C=O) groups is 1. The summed E-state index contributed by atoms with van der Waals surface area (Å²) in [5.74, 6) is 0.227. The molecule has 8 nitrogen and oxygen atoms in total. The summed E-state index contributed by atoms with van der Waals surface area (Å²) in [6.45, 7) is 4.01. The monoisotopic (exact) mass is 495 g/mol. The molecule has 1 aliphatic rings. The molecule has 2 aromatic heterocycles. The van der Waals surface area contributed by atoms with Gasteiger partial charge in [0.2, 0.25) is 0 Å². The molecule has 184 valence electrons. The number of hydrogen-bond acceptors (Lipinski definition) is 5. The Morgan fingerprint density at radius 1 is 1.23 bits per heavy atom. The van der Waals surface area contributed by atoms with Crippen LogP contribution >= 0.6 is 11.6 Å². The van der Waals surface area contributed by atoms with Crippen LogP contribution in [0.2, 0.25) is 5.02 Å². The molecule has 0 spiro atoms. The van der Waals surface area contributed by atoms with Gasteiger partial charge >= 0.3 is 5.97 Å². The highest BCUT2D eigenvalue weighted by atomic mass is 35.5. The zero-order valence-electron chi connectivity index (χ0n) is 20.0. The molecule has 1 aliphatic carbocycles. The molecule has 1 fully saturated rings. The number of benzene rings is 1. The summed E-state index contributed by atoms with van der Waals surface area (Å²) in [7, 11) is 0. The number of carboxylic acid groups (broad SMARTS) is 1. The van der Waals surface area contributed by atoms with Crippen molar-refractivity contribution in [3.05, 3.63) is 80.0 Å². The molecular formula is C26H30ClN5O3. The second-order valence-corrected chi connectivity index (χ2v) is 9.43. The molecule has 2 N–H and O–H groups in total. The van der Waals surface area contributed by atoms with Gasteiger partial charge in [0.1, 0.15) is 0 Å². The van der Waals surface area contributed by atoms with Crippen LogP contribution in [0.5, 0.6) is 0 Å². The summed E-state index contributed by atoms with van der Waals surface area (Å²) in [6, 6.07) is 9.92. The third-order valence-corrected chi connectivity index (χ3v) is 6.80. The largest absolute Gasteiger partial charge is 0.480 e. The third kappa shape index (κ3) is 6.25. The van der Waals surface area contributed by atoms with Crippen molar-refractivity contribution in [3.63, 3.8) is 0 Å². The van der Waals surface area contributed by atoms with E-state index in [2.05, 4.69) is 40.3 Å². The highest BCUT2D eigenvalue weighted by Gasteiger charge is 2.26. The van der Waals surface area contributed by atoms with Crippen LogP contribution in [0, 0.1) is 5.92 Å². The fourth-order valence-corrected chi connectivity index (χ4v) is 4.46. The minimum atomic E-state index is -1.02. The highest BCUT2D eigenvalue weighted by molar-refractivity contribution is 6.31. The van der Waals surface area contributed by atoms with Gasteiger partial charge in [-0.3, -0.25) is 9.59 Å². The number of nitrogens with zero attached hydrogens (tertiary/aromatic N) is 4. The van der Waals surface area contributed by atoms with Crippen molar-refractivity contribution in [2.45, 2.75) is 64.8 Å². The topological polar surface area (TPSA) is 114 Å². The predicted octanol–water partition coefficient (Wildman–Crippen LogP) is 4.63. The maximum absolute atomic E-state index is 12.7. The first kappa shape index (κ1) is 24.9. The van der Waals surface area contributed by atoms with Gasteiger partial charge < -0.3 is 10.1 Å². The minimum Gasteiger partial charge on any atom is -0.480 e. The predicted molar refractivity (Wildman–Crippen MR) is 135 cm³/mol. The molecule has 1 aromatic carbocycles. The molecule has 0 bridgehead atoms. The van der Waals surface area contributed by atoms with Gasteiger partial charge in [-0.1, -0.05) is 49.7 Å². The number of halogens is 1. The van der Waals surface area contributed by atoms with E-state index in [1.807, 2.05) is 30.3 Å². The standard InChI is InChI=1S/C26H30ClN5O3/c1-3-16(4-2)13-21(23-11-10-20(17-5-6-17)26(35)28-23)19-8-7-18(22(27)14-19)9-12-24-29-31-32(30-24)15-25(33)34/h7-8,10-11,13-14,16-17H,3-6,9,12,15H2,1-2H3,(H,28,35)(H,33,34)/b21-13+. The Balaban J connectivity index is 1.57. The summed E-state index contributed by atoms with van der Waals surface area (Å²) in [4.78, 5) is 27.7. The average molecular weight is 496 g/mol. The van der Waals surface area contributed by atoms with Crippen molar-refractivity contribution < 1.29 is 9.90 Å². The lowest BCUT2D eigenvalue weighted by Crippen LogP contribution is -2.14. The summed E-state index contributed by atoms with van der Waals surface area (Å²) in [6.07, 6.45) is 7.50. The van der Waals surface area contributed by atoms with Gasteiger partial charge in [-0.05, 0) is 72.4 Å². The Bertz CT molecular complexity index is 1290. The van der Waals surface area contributed by atoms with Crippen molar-refractivity contribution in [1.82, 2.24) is 25.2 Å². The van der Waals surface area contributed by atoms with E-state index < -0.39 is 5.97 Å². The molecule has 0 atom stereocenters. The molecule has 1 saturated carbocycles. The van der Waals surface area contributed by atoms with E-state index in [9.17, 15) is 9.59 Å². The van der Waals surface area contributed by atoms with E-state index in [0.29, 0.717) is 35.5 Å². The number of aromatic nitrogens is 5. The van der Waals surface area contributed by atoms with Crippen LogP contribution in [0.25, 0.3) is 5.57 Å². The van der Waals surface area contributed by atoms with Crippen LogP contribution < -0.4 is 5.56 Å². The Kier molecular flexibility index (Phi) is 7.80. The van der Waals surface area contributed by atoms with Gasteiger partial charge in [0, 0.05) is 28.3 Å². The van der Waals surface area contributed by atoms with Gasteiger partial charge in [-0.25, -0.2) is 0 Å². The number of tetrazole rings is 1. The van der Waals surface area contributed by atoms with E-state index in [-0.39, 0.29) is 12.1 Å². The van der Waals surface area contributed by atoms with E-state index in [1.54, 1.807) is 0 Å². The van der Waals surface area contributed by atoms with E-state index in [0.717, 1.165) is 58.4 Å². The lowest BCUT2D eigenvalue weighted by Gasteiger charge is -2.15. The molecule has 0 amide bonds. The second kappa shape index (κ2) is 11.0. The number of nitrogens with one attached hydrogen (secondary N) is 1. The smallest absolute Gasteiger partial charge is 0.327 e. The molecule has 9 heteroatoms. The van der Waals surface area contributed by atoms with E-state index in [4.69, 9.17) is 16.7 Å². The SMILES string of the molecule is CCC(/C=C(\c1ccc(CCc2nnn(CC(=O)O)n2)c(Cl)c1)c1ccc(C2CC2)c(=O)[nH]1)CC. The summed E-state index contributed by atoms with van der Waals surface area (Å²) >= 11 is 6.67. The normalized spacial score (nSPS) is 14.0. The van der Waals surface area contributed by atoms with Crippen LogP contribution in [0.1, 0.15) is 73.7 Å². The Labute approximate surface area is 209 Å². The Hall–Kier alpha value is -3.26. The lowest BCUT2D eigenvalue weighted by atomic mass is 9.93. The zero-order chi connectivity index (χ0) is 24.9. The molecule has 0 radical (unpaired) electrons. The first-order chi connectivity index (χ1) is 16.9. The molecule has 4 rings (SSSR count). The molecule has 3 aromatic rings. The first-order valence-electron chi connectivity index (χ1n) is 12.1. The molecule has 0 saturated heterocycles. The Morgan fingerprint density at radius 3 is 2.63 bits per heavy atom. The highest BCUT2D eigenvalue weighted by Crippen LogP contribution is 2.38. The second-order valence-electron chi connectivity index (χ2n) is 9.02. The number of aromatic amines is 1. The lowest BCUT2D eigenvalue weighted by molar-refractivity contribution is -0.138. The van der Waals surface area contributed by atoms with E-state index >= 15 is 0 Å². The average Bonchev–Trinajstić information content (AvgIpc) is 3.58. The van der Waals surface area contributed by atoms with Crippen molar-refractivity contribution >= 4 is 23.1 Å². The summed E-state index contributed by atoms with van der Waals surface area (Å²) in [5, 5.41) is 21.2. The maximum atomic E-state index is 12.7. The molecule has 35 heavy (non-hydrogen) atoms. The van der Waals surface area contributed by atoms with Crippen LogP contribution in [0.3, 0.4) is 0 Å². The van der Waals surface area contributed by atoms with Crippen LogP contribution in [0.4, 0.5) is 0 Å². The summed E-state index contributed by atoms with van der Waals surface area (Å²) < 4.78 is 0. The Morgan fingerprint density at radius 2 is 2.00 bits per heavy atom. The molecule has 2 heterocycles. The number of carboxylic acids is 1. The number of allylic oxidation sites excluding steroid dienone is 1. The van der Waals surface area contributed by atoms with Gasteiger partial charge in [-0.2, -0.15) is 4.80 Å². The van der Waals surface area contributed by atoms with Gasteiger partial charge in [-0.15, -0.1) is 10.2 Å². The van der Waals surface area contributed by atoms with E-state index in [1.165, 1.54) is 0 Å². The number of pyridine rings is 1. The van der Waals surface area contributed by atoms with Crippen molar-refractivity contribution in [2.75, 3.05) is 0 Å². The van der Waals surface area contributed by atoms with Crippen molar-refractivity contribution in [3.8, 4) is 0 Å². The molecule has 0 unspecified atom stereocenters.